The minimum Gasteiger partial charge on any atom is -0.507 e. The van der Waals surface area contributed by atoms with Gasteiger partial charge in [0.05, 0.1) is 17.5 Å². The molecule has 10 heteroatoms. The molecule has 2 aliphatic carbocycles. The lowest BCUT2D eigenvalue weighted by atomic mass is 9.56. The van der Waals surface area contributed by atoms with Crippen LogP contribution in [-0.4, -0.2) is 56.2 Å². The minimum absolute atomic E-state index is 0.101. The second kappa shape index (κ2) is 10.4. The van der Waals surface area contributed by atoms with Gasteiger partial charge in [0, 0.05) is 24.1 Å². The second-order valence-corrected chi connectivity index (χ2v) is 14.0. The predicted molar refractivity (Wildman–Crippen MR) is 172 cm³/mol. The maximum absolute atomic E-state index is 14.3. The van der Waals surface area contributed by atoms with E-state index in [4.69, 9.17) is 23.2 Å². The fraction of sp³-hybridized carbons (Fsp3) is 0.306. The summed E-state index contributed by atoms with van der Waals surface area (Å²) in [6.07, 6.45) is 2.00. The number of alkyl halides is 2. The van der Waals surface area contributed by atoms with Crippen LogP contribution in [0.4, 0.5) is 5.69 Å². The molecule has 3 fully saturated rings. The molecule has 234 valence electrons. The number of hydrogen-bond donors (Lipinski definition) is 1. The number of aromatic hydroxyl groups is 1. The highest BCUT2D eigenvalue weighted by molar-refractivity contribution is 6.53. The number of imide groups is 2. The molecule has 1 N–H and O–H groups in total. The van der Waals surface area contributed by atoms with Crippen molar-refractivity contribution in [3.05, 3.63) is 106 Å². The van der Waals surface area contributed by atoms with E-state index < -0.39 is 51.1 Å². The number of amides is 4. The summed E-state index contributed by atoms with van der Waals surface area (Å²) in [6.45, 7) is 3.46. The van der Waals surface area contributed by atoms with E-state index in [0.29, 0.717) is 39.1 Å². The maximum atomic E-state index is 14.3. The Balaban J connectivity index is 1.29. The van der Waals surface area contributed by atoms with Gasteiger partial charge in [0.25, 0.3) is 11.8 Å². The number of carbonyl (C=O) groups excluding carboxylic acids is 5. The third kappa shape index (κ3) is 3.96. The lowest BCUT2D eigenvalue weighted by Gasteiger charge is -2.51. The van der Waals surface area contributed by atoms with Crippen LogP contribution < -0.4 is 4.90 Å². The molecule has 4 aliphatic rings. The monoisotopic (exact) mass is 656 g/mol. The first kappa shape index (κ1) is 30.4. The number of anilines is 1. The molecule has 6 atom stereocenters. The van der Waals surface area contributed by atoms with Crippen LogP contribution in [0, 0.1) is 31.6 Å². The Morgan fingerprint density at radius 1 is 0.848 bits per heavy atom. The van der Waals surface area contributed by atoms with Gasteiger partial charge in [-0.15, -0.1) is 23.2 Å². The molecule has 2 aliphatic heterocycles. The molecule has 3 aromatic carbocycles. The van der Waals surface area contributed by atoms with Gasteiger partial charge in [-0.25, -0.2) is 0 Å². The first-order valence-electron chi connectivity index (χ1n) is 15.1. The number of hydrogen-bond acceptors (Lipinski definition) is 6. The summed E-state index contributed by atoms with van der Waals surface area (Å²) in [5.41, 5.74) is 3.67. The first-order chi connectivity index (χ1) is 21.8. The minimum atomic E-state index is -1.89. The third-order valence-electron chi connectivity index (χ3n) is 10.3. The number of phenols is 1. The Morgan fingerprint density at radius 3 is 2.09 bits per heavy atom. The smallest absolute Gasteiger partial charge is 0.253 e. The number of benzene rings is 3. The predicted octanol–water partition coefficient (Wildman–Crippen LogP) is 5.43. The van der Waals surface area contributed by atoms with Crippen molar-refractivity contribution in [1.29, 1.82) is 0 Å². The van der Waals surface area contributed by atoms with E-state index in [1.165, 1.54) is 7.05 Å². The van der Waals surface area contributed by atoms with E-state index in [2.05, 4.69) is 0 Å². The van der Waals surface area contributed by atoms with Crippen LogP contribution in [0.25, 0.3) is 0 Å². The highest BCUT2D eigenvalue weighted by Crippen LogP contribution is 2.65. The number of phenolic OH excluding ortho intramolecular Hbond substituents is 1. The second-order valence-electron chi connectivity index (χ2n) is 12.8. The Labute approximate surface area is 275 Å². The first-order valence-corrected chi connectivity index (χ1v) is 15.8. The molecular formula is C36H30Cl2N2O6. The van der Waals surface area contributed by atoms with Gasteiger partial charge >= 0.3 is 0 Å². The summed E-state index contributed by atoms with van der Waals surface area (Å²) >= 11 is 14.5. The number of fused-ring (bicyclic) bond motifs is 4. The molecule has 0 spiro atoms. The topological polar surface area (TPSA) is 112 Å². The van der Waals surface area contributed by atoms with Crippen LogP contribution in [-0.2, 0) is 19.2 Å². The molecule has 0 unspecified atom stereocenters. The van der Waals surface area contributed by atoms with Crippen molar-refractivity contribution in [2.75, 3.05) is 11.9 Å². The van der Waals surface area contributed by atoms with Gasteiger partial charge in [-0.3, -0.25) is 33.8 Å². The van der Waals surface area contributed by atoms with E-state index in [0.717, 1.165) is 9.80 Å². The maximum Gasteiger partial charge on any atom is 0.253 e. The summed E-state index contributed by atoms with van der Waals surface area (Å²) in [7, 11) is 1.35. The molecular weight excluding hydrogens is 627 g/mol. The van der Waals surface area contributed by atoms with Gasteiger partial charge in [-0.2, -0.15) is 0 Å². The summed E-state index contributed by atoms with van der Waals surface area (Å²) in [6, 6.07) is 18.6. The number of carbonyl (C=O) groups is 5. The number of aryl methyl sites for hydroxylation is 2. The highest BCUT2D eigenvalue weighted by Gasteiger charge is 2.75. The Morgan fingerprint density at radius 2 is 1.46 bits per heavy atom. The molecule has 0 bridgehead atoms. The van der Waals surface area contributed by atoms with Crippen LogP contribution in [0.15, 0.2) is 78.4 Å². The molecule has 8 nitrogen and oxygen atoms in total. The van der Waals surface area contributed by atoms with Gasteiger partial charge in [0.1, 0.15) is 5.75 Å². The Kier molecular flexibility index (Phi) is 6.85. The van der Waals surface area contributed by atoms with Crippen LogP contribution in [0.5, 0.6) is 5.75 Å². The fourth-order valence-corrected chi connectivity index (χ4v) is 9.07. The van der Waals surface area contributed by atoms with E-state index in [-0.39, 0.29) is 30.3 Å². The lowest BCUT2D eigenvalue weighted by Crippen LogP contribution is -2.60. The lowest BCUT2D eigenvalue weighted by molar-refractivity contribution is -0.138. The van der Waals surface area contributed by atoms with Crippen molar-refractivity contribution in [3.8, 4) is 5.75 Å². The van der Waals surface area contributed by atoms with Gasteiger partial charge < -0.3 is 5.11 Å². The number of likely N-dealkylation sites (tertiary alicyclic amines) is 1. The zero-order valence-electron chi connectivity index (χ0n) is 25.3. The summed E-state index contributed by atoms with van der Waals surface area (Å²) < 4.78 is 0. The number of ketones is 1. The Hall–Kier alpha value is -4.27. The van der Waals surface area contributed by atoms with E-state index in [1.807, 2.05) is 12.1 Å². The van der Waals surface area contributed by atoms with Crippen molar-refractivity contribution < 1.29 is 29.1 Å². The van der Waals surface area contributed by atoms with E-state index in [9.17, 15) is 29.1 Å². The SMILES string of the molecule is Cc1cc([C@H]2C3=CC[C@@H]4C(=O)N(c5ccc(C(=O)c6ccccc6)cc5)C(=O)[C@@H]4[C@@H]3C[C@@]3(Cl)C(=O)N(C)C(=O)[C@@]23Cl)cc(C)c1O. The fourth-order valence-electron chi connectivity index (χ4n) is 8.05. The van der Waals surface area contributed by atoms with Crippen molar-refractivity contribution in [2.24, 2.45) is 17.8 Å². The molecule has 7 rings (SSSR count). The van der Waals surface area contributed by atoms with Gasteiger partial charge in [0.15, 0.2) is 15.5 Å². The van der Waals surface area contributed by atoms with Gasteiger partial charge in [-0.05, 0) is 73.6 Å². The van der Waals surface area contributed by atoms with Gasteiger partial charge in [-0.1, -0.05) is 54.1 Å². The Bertz CT molecular complexity index is 1880. The van der Waals surface area contributed by atoms with Gasteiger partial charge in [0.2, 0.25) is 11.8 Å². The summed E-state index contributed by atoms with van der Waals surface area (Å²) in [5, 5.41) is 10.5. The average molecular weight is 658 g/mol. The number of allylic oxidation sites excluding steroid dienone is 2. The van der Waals surface area contributed by atoms with Crippen molar-refractivity contribution in [3.63, 3.8) is 0 Å². The molecule has 2 saturated heterocycles. The van der Waals surface area contributed by atoms with E-state index >= 15 is 0 Å². The molecule has 0 radical (unpaired) electrons. The quantitative estimate of drug-likeness (QED) is 0.173. The van der Waals surface area contributed by atoms with Crippen LogP contribution in [0.2, 0.25) is 0 Å². The molecule has 46 heavy (non-hydrogen) atoms. The normalized spacial score (nSPS) is 30.2. The largest absolute Gasteiger partial charge is 0.507 e. The highest BCUT2D eigenvalue weighted by atomic mass is 35.5. The molecule has 4 amide bonds. The zero-order chi connectivity index (χ0) is 32.9. The standard InChI is InChI=1S/C36H30Cl2N2O6/c1-18-15-22(16-19(2)29(18)41)28-24-13-14-25-27(26(24)17-35(37)33(45)39(3)34(46)36(28,35)38)32(44)40(31(25)43)23-11-9-21(10-12-23)30(42)20-7-5-4-6-8-20/h4-13,15-16,25-28,41H,14,17H2,1-3H3/t25-,26+,27-,28-,35+,36-/m0/s1. The number of nitrogens with zero attached hydrogens (tertiary/aromatic N) is 2. The van der Waals surface area contributed by atoms with E-state index in [1.54, 1.807) is 74.5 Å². The third-order valence-corrected chi connectivity index (χ3v) is 11.7. The van der Waals surface area contributed by atoms with Crippen LogP contribution in [0.1, 0.15) is 51.4 Å². The molecule has 1 saturated carbocycles. The molecule has 2 heterocycles. The van der Waals surface area contributed by atoms with Crippen LogP contribution in [0.3, 0.4) is 0 Å². The van der Waals surface area contributed by atoms with Crippen molar-refractivity contribution in [1.82, 2.24) is 4.90 Å². The summed E-state index contributed by atoms with van der Waals surface area (Å²) in [5.74, 6) is -5.28. The van der Waals surface area contributed by atoms with Crippen LogP contribution >= 0.6 is 23.2 Å². The summed E-state index contributed by atoms with van der Waals surface area (Å²) in [4.78, 5) is 66.9. The average Bonchev–Trinajstić information content (AvgIpc) is 3.38. The molecule has 0 aromatic heterocycles. The zero-order valence-corrected chi connectivity index (χ0v) is 26.8. The number of rotatable bonds is 4. The molecule has 3 aromatic rings. The van der Waals surface area contributed by atoms with Crippen molar-refractivity contribution in [2.45, 2.75) is 42.4 Å². The van der Waals surface area contributed by atoms with Crippen molar-refractivity contribution >= 4 is 58.3 Å². The number of halogens is 2.